The molecule has 1 unspecified atom stereocenters. The molecule has 10 heteroatoms. The average molecular weight is 340 g/mol. The fraction of sp³-hybridized carbons (Fsp3) is 0.167. The van der Waals surface area contributed by atoms with Gasteiger partial charge in [0, 0.05) is 12.5 Å². The van der Waals surface area contributed by atoms with Crippen LogP contribution in [-0.4, -0.2) is 23.8 Å². The molecular weight excluding hydrogens is 327 g/mol. The Bertz CT molecular complexity index is 891. The van der Waals surface area contributed by atoms with Crippen LogP contribution in [0.2, 0.25) is 0 Å². The lowest BCUT2D eigenvalue weighted by Gasteiger charge is -2.15. The van der Waals surface area contributed by atoms with E-state index in [1.807, 2.05) is 12.1 Å². The van der Waals surface area contributed by atoms with E-state index in [9.17, 15) is 9.46 Å². The molecule has 3 rings (SSSR count). The van der Waals surface area contributed by atoms with Crippen molar-refractivity contribution in [1.82, 2.24) is 9.61 Å². The number of hydrogen-bond donors (Lipinski definition) is 1. The molecule has 0 aliphatic rings. The van der Waals surface area contributed by atoms with Crippen LogP contribution in [0.3, 0.4) is 0 Å². The highest BCUT2D eigenvalue weighted by Gasteiger charge is 2.30. The molecule has 3 aromatic rings. The number of nitrogen functional groups attached to an aromatic ring is 1. The van der Waals surface area contributed by atoms with Gasteiger partial charge in [-0.05, 0) is 12.1 Å². The Balaban J connectivity index is 2.25. The minimum absolute atomic E-state index is 0.0460. The minimum Gasteiger partial charge on any atom is -0.773 e. The summed E-state index contributed by atoms with van der Waals surface area (Å²) in [5.74, 6) is 7.03. The van der Waals surface area contributed by atoms with Gasteiger partial charge >= 0.3 is 10.8 Å². The summed E-state index contributed by atoms with van der Waals surface area (Å²) in [6.07, 6.45) is 0. The van der Waals surface area contributed by atoms with Gasteiger partial charge in [0.2, 0.25) is 13.0 Å². The first-order valence-electron chi connectivity index (χ1n) is 6.17. The molecular formula is C12H13N4O4PS. The number of hydrogen-bond acceptors (Lipinski definition) is 7. The number of para-hydroxylation sites is 1. The number of thiazole rings is 1. The fourth-order valence-electron chi connectivity index (χ4n) is 2.08. The molecule has 1 aromatic carbocycles. The predicted molar refractivity (Wildman–Crippen MR) is 79.7 cm³/mol. The normalized spacial score (nSPS) is 14.1. The van der Waals surface area contributed by atoms with Crippen LogP contribution in [0.25, 0.3) is 16.3 Å². The Morgan fingerprint density at radius 2 is 2.14 bits per heavy atom. The van der Waals surface area contributed by atoms with Crippen LogP contribution in [0.15, 0.2) is 29.6 Å². The molecule has 2 aromatic heterocycles. The Morgan fingerprint density at radius 3 is 2.82 bits per heavy atom. The van der Waals surface area contributed by atoms with Crippen LogP contribution in [-0.2, 0) is 9.09 Å². The summed E-state index contributed by atoms with van der Waals surface area (Å²) in [5.41, 5.74) is 0.614. The Hall–Kier alpha value is -1.93. The van der Waals surface area contributed by atoms with Gasteiger partial charge in [0.25, 0.3) is 0 Å². The lowest BCUT2D eigenvalue weighted by Crippen LogP contribution is -2.45. The third-order valence-electron chi connectivity index (χ3n) is 3.17. The number of aromatic nitrogens is 3. The van der Waals surface area contributed by atoms with Crippen molar-refractivity contribution in [2.45, 2.75) is 0 Å². The number of nitrogens with two attached hydrogens (primary N) is 1. The second-order valence-corrected chi connectivity index (χ2v) is 7.02. The van der Waals surface area contributed by atoms with Crippen LogP contribution < -0.4 is 25.6 Å². The quantitative estimate of drug-likeness (QED) is 0.404. The average Bonchev–Trinajstić information content (AvgIpc) is 3.08. The lowest BCUT2D eigenvalue weighted by atomic mass is 10.2. The molecule has 1 atom stereocenters. The zero-order valence-electron chi connectivity index (χ0n) is 11.8. The van der Waals surface area contributed by atoms with Crippen molar-refractivity contribution in [3.8, 4) is 17.1 Å². The third kappa shape index (κ3) is 2.19. The number of fused-ring (bicyclic) bond motifs is 1. The van der Waals surface area contributed by atoms with Crippen LogP contribution in [0.1, 0.15) is 0 Å². The van der Waals surface area contributed by atoms with Crippen molar-refractivity contribution in [2.24, 2.45) is 0 Å². The van der Waals surface area contributed by atoms with E-state index < -0.39 is 7.60 Å². The molecule has 22 heavy (non-hydrogen) atoms. The summed E-state index contributed by atoms with van der Waals surface area (Å²) in [7, 11) is -1.53. The predicted octanol–water partition coefficient (Wildman–Crippen LogP) is -0.102. The first-order valence-corrected chi connectivity index (χ1v) is 8.60. The molecule has 2 N–H and O–H groups in total. The van der Waals surface area contributed by atoms with Crippen molar-refractivity contribution < 1.29 is 23.4 Å². The highest BCUT2D eigenvalue weighted by molar-refractivity contribution is 7.60. The Kier molecular flexibility index (Phi) is 3.65. The van der Waals surface area contributed by atoms with Gasteiger partial charge in [-0.2, -0.15) is 0 Å². The minimum atomic E-state index is -4.18. The van der Waals surface area contributed by atoms with Crippen molar-refractivity contribution in [3.63, 3.8) is 0 Å². The van der Waals surface area contributed by atoms with Gasteiger partial charge in [0.1, 0.15) is 5.75 Å². The summed E-state index contributed by atoms with van der Waals surface area (Å²) in [4.78, 5) is 12.4. The first kappa shape index (κ1) is 15.0. The Labute approximate surface area is 129 Å². The molecule has 0 saturated carbocycles. The van der Waals surface area contributed by atoms with Crippen molar-refractivity contribution in [3.05, 3.63) is 29.6 Å². The van der Waals surface area contributed by atoms with E-state index in [0.717, 1.165) is 18.4 Å². The number of benzene rings is 1. The fourth-order valence-corrected chi connectivity index (χ4v) is 4.13. The summed E-state index contributed by atoms with van der Waals surface area (Å²) in [5, 5.41) is 5.74. The Morgan fingerprint density at radius 1 is 1.41 bits per heavy atom. The number of methoxy groups -OCH3 is 1. The van der Waals surface area contributed by atoms with Crippen LogP contribution in [0.4, 0.5) is 0 Å². The molecule has 0 saturated heterocycles. The van der Waals surface area contributed by atoms with Gasteiger partial charge in [-0.1, -0.05) is 28.0 Å². The summed E-state index contributed by atoms with van der Waals surface area (Å²) in [6, 6.07) is 7.21. The maximum atomic E-state index is 11.9. The van der Waals surface area contributed by atoms with E-state index in [-0.39, 0.29) is 5.44 Å². The van der Waals surface area contributed by atoms with E-state index in [1.54, 1.807) is 19.2 Å². The molecule has 0 aliphatic heterocycles. The largest absolute Gasteiger partial charge is 0.773 e. The summed E-state index contributed by atoms with van der Waals surface area (Å²) < 4.78 is 24.4. The third-order valence-corrected chi connectivity index (χ3v) is 5.62. The molecule has 2 heterocycles. The van der Waals surface area contributed by atoms with Crippen molar-refractivity contribution in [1.29, 1.82) is 0 Å². The van der Waals surface area contributed by atoms with Gasteiger partial charge in [0.05, 0.1) is 17.8 Å². The standard InChI is InChI=1S/C12H13N4O4PS/c1-19-9-6-4-3-5-8(9)11-14-16-10(21(17,18)20-2)7-22-12(16)15(11)13/h3-7H,13H2,1-2H3. The maximum Gasteiger partial charge on any atom is 0.346 e. The number of rotatable bonds is 4. The lowest BCUT2D eigenvalue weighted by molar-refractivity contribution is -0.598. The molecule has 0 fully saturated rings. The highest BCUT2D eigenvalue weighted by Crippen LogP contribution is 2.36. The van der Waals surface area contributed by atoms with Gasteiger partial charge in [-0.15, -0.1) is 4.68 Å². The van der Waals surface area contributed by atoms with E-state index in [2.05, 4.69) is 9.62 Å². The second-order valence-electron chi connectivity index (χ2n) is 4.36. The van der Waals surface area contributed by atoms with Gasteiger partial charge < -0.3 is 18.7 Å². The summed E-state index contributed by atoms with van der Waals surface area (Å²) >= 11 is 1.16. The molecule has 0 bridgehead atoms. The number of nitrogens with zero attached hydrogens (tertiary/aromatic N) is 3. The first-order chi connectivity index (χ1) is 10.5. The zero-order chi connectivity index (χ0) is 15.9. The number of ether oxygens (including phenoxy) is 1. The molecule has 0 radical (unpaired) electrons. The van der Waals surface area contributed by atoms with Crippen molar-refractivity contribution >= 4 is 29.3 Å². The molecule has 116 valence electrons. The van der Waals surface area contributed by atoms with Gasteiger partial charge in [-0.3, -0.25) is 5.84 Å². The molecule has 8 nitrogen and oxygen atoms in total. The molecule has 0 spiro atoms. The van der Waals surface area contributed by atoms with E-state index in [4.69, 9.17) is 10.6 Å². The van der Waals surface area contributed by atoms with Crippen molar-refractivity contribution in [2.75, 3.05) is 20.1 Å². The maximum absolute atomic E-state index is 11.9. The van der Waals surface area contributed by atoms with Crippen LogP contribution in [0, 0.1) is 0 Å². The van der Waals surface area contributed by atoms with Crippen LogP contribution in [0.5, 0.6) is 5.75 Å². The van der Waals surface area contributed by atoms with E-state index in [0.29, 0.717) is 22.1 Å². The highest BCUT2D eigenvalue weighted by atomic mass is 32.1. The smallest absolute Gasteiger partial charge is 0.346 e. The second kappa shape index (κ2) is 5.36. The monoisotopic (exact) mass is 340 g/mol. The SMILES string of the molecule is COc1ccccc1-c1nn2c(P(=O)([O-])OC)csc2[n+]1N. The van der Waals surface area contributed by atoms with Gasteiger partial charge in [0.15, 0.2) is 0 Å². The van der Waals surface area contributed by atoms with Crippen LogP contribution >= 0.6 is 18.9 Å². The van der Waals surface area contributed by atoms with E-state index >= 15 is 0 Å². The molecule has 0 aliphatic carbocycles. The topological polar surface area (TPSA) is 106 Å². The van der Waals surface area contributed by atoms with E-state index in [1.165, 1.54) is 14.6 Å². The molecule has 0 amide bonds. The summed E-state index contributed by atoms with van der Waals surface area (Å²) in [6.45, 7) is 0. The van der Waals surface area contributed by atoms with Gasteiger partial charge in [-0.25, -0.2) is 0 Å². The zero-order valence-corrected chi connectivity index (χ0v) is 13.5.